The van der Waals surface area contributed by atoms with E-state index < -0.39 is 0 Å². The Morgan fingerprint density at radius 1 is 1.24 bits per heavy atom. The summed E-state index contributed by atoms with van der Waals surface area (Å²) < 4.78 is 6.57. The second-order valence-electron chi connectivity index (χ2n) is 4.65. The van der Waals surface area contributed by atoms with Gasteiger partial charge in [0.15, 0.2) is 0 Å². The fourth-order valence-corrected chi connectivity index (χ4v) is 2.37. The first kappa shape index (κ1) is 15.3. The number of halogens is 1. The second-order valence-corrected chi connectivity index (χ2v) is 5.57. The average molecular weight is 342 g/mol. The zero-order valence-corrected chi connectivity index (χ0v) is 13.6. The number of hydrogen-bond donors (Lipinski definition) is 0. The van der Waals surface area contributed by atoms with Crippen molar-refractivity contribution in [3.8, 4) is 11.8 Å². The molecule has 0 heterocycles. The minimum Gasteiger partial charge on any atom is -0.493 e. The van der Waals surface area contributed by atoms with Crippen LogP contribution in [0.5, 0.6) is 5.75 Å². The predicted octanol–water partition coefficient (Wildman–Crippen LogP) is 5.22. The van der Waals surface area contributed by atoms with Gasteiger partial charge in [-0.25, -0.2) is 0 Å². The molecule has 0 spiro atoms. The highest BCUT2D eigenvalue weighted by Crippen LogP contribution is 2.28. The van der Waals surface area contributed by atoms with Crippen LogP contribution in [0.4, 0.5) is 0 Å². The van der Waals surface area contributed by atoms with Crippen molar-refractivity contribution in [3.05, 3.63) is 63.6 Å². The molecule has 0 N–H and O–H groups in total. The zero-order chi connectivity index (χ0) is 15.2. The molecule has 2 rings (SSSR count). The first-order valence-electron chi connectivity index (χ1n) is 6.75. The molecule has 0 saturated carbocycles. The lowest BCUT2D eigenvalue weighted by atomic mass is 10.0. The van der Waals surface area contributed by atoms with E-state index in [0.717, 1.165) is 21.3 Å². The smallest absolute Gasteiger partial charge is 0.126 e. The average Bonchev–Trinajstić information content (AvgIpc) is 2.48. The topological polar surface area (TPSA) is 33.0 Å². The van der Waals surface area contributed by atoms with Crippen LogP contribution in [0, 0.1) is 18.3 Å². The highest BCUT2D eigenvalue weighted by atomic mass is 79.9. The molecule has 2 nitrogen and oxygen atoms in total. The van der Waals surface area contributed by atoms with Gasteiger partial charge in [0.1, 0.15) is 5.75 Å². The number of aryl methyl sites for hydroxylation is 1. The van der Waals surface area contributed by atoms with Crippen LogP contribution in [-0.2, 0) is 0 Å². The summed E-state index contributed by atoms with van der Waals surface area (Å²) in [6, 6.07) is 16.0. The molecule has 0 saturated heterocycles. The van der Waals surface area contributed by atoms with Gasteiger partial charge >= 0.3 is 0 Å². The molecule has 0 radical (unpaired) electrons. The maximum Gasteiger partial charge on any atom is 0.126 e. The summed E-state index contributed by atoms with van der Waals surface area (Å²) in [6.45, 7) is 4.57. The highest BCUT2D eigenvalue weighted by Gasteiger charge is 2.06. The van der Waals surface area contributed by atoms with Gasteiger partial charge in [-0.3, -0.25) is 0 Å². The Labute approximate surface area is 133 Å². The van der Waals surface area contributed by atoms with E-state index in [9.17, 15) is 5.26 Å². The van der Waals surface area contributed by atoms with Crippen molar-refractivity contribution in [2.24, 2.45) is 0 Å². The molecule has 0 aliphatic heterocycles. The minimum atomic E-state index is 0.592. The molecule has 0 aliphatic carbocycles. The summed E-state index contributed by atoms with van der Waals surface area (Å²) in [5.41, 5.74) is 3.59. The van der Waals surface area contributed by atoms with Crippen LogP contribution in [0.25, 0.3) is 11.6 Å². The molecule has 0 atom stereocenters. The number of allylic oxidation sites excluding steroid dienone is 1. The molecule has 21 heavy (non-hydrogen) atoms. The number of benzene rings is 2. The zero-order valence-electron chi connectivity index (χ0n) is 12.1. The number of nitriles is 1. The lowest BCUT2D eigenvalue weighted by Gasteiger charge is -2.08. The third-order valence-electron chi connectivity index (χ3n) is 3.05. The molecule has 2 aromatic carbocycles. The van der Waals surface area contributed by atoms with Gasteiger partial charge in [-0.15, -0.1) is 0 Å². The van der Waals surface area contributed by atoms with Crippen molar-refractivity contribution in [1.29, 1.82) is 5.26 Å². The van der Waals surface area contributed by atoms with Gasteiger partial charge in [-0.05, 0) is 43.7 Å². The third-order valence-corrected chi connectivity index (χ3v) is 3.55. The van der Waals surface area contributed by atoms with Gasteiger partial charge in [-0.1, -0.05) is 45.8 Å². The third kappa shape index (κ3) is 3.96. The van der Waals surface area contributed by atoms with Crippen LogP contribution in [0.15, 0.2) is 46.9 Å². The predicted molar refractivity (Wildman–Crippen MR) is 90.0 cm³/mol. The first-order valence-corrected chi connectivity index (χ1v) is 7.54. The second kappa shape index (κ2) is 7.10. The Morgan fingerprint density at radius 3 is 2.57 bits per heavy atom. The van der Waals surface area contributed by atoms with E-state index in [1.54, 1.807) is 0 Å². The molecular weight excluding hydrogens is 326 g/mol. The van der Waals surface area contributed by atoms with E-state index in [4.69, 9.17) is 4.74 Å². The molecule has 0 fully saturated rings. The van der Waals surface area contributed by atoms with Crippen molar-refractivity contribution in [3.63, 3.8) is 0 Å². The molecule has 2 aromatic rings. The molecule has 106 valence electrons. The number of rotatable bonds is 4. The quantitative estimate of drug-likeness (QED) is 0.564. The van der Waals surface area contributed by atoms with E-state index >= 15 is 0 Å². The van der Waals surface area contributed by atoms with E-state index in [1.807, 2.05) is 62.4 Å². The standard InChI is InChI=1S/C18H16BrNO/c1-3-21-18-9-8-17(19)11-15(18)10-16(12-20)14-6-4-13(2)5-7-14/h4-11H,3H2,1-2H3/b16-10+. The van der Waals surface area contributed by atoms with E-state index in [0.29, 0.717) is 12.2 Å². The molecule has 0 aromatic heterocycles. The Hall–Kier alpha value is -2.05. The first-order chi connectivity index (χ1) is 10.1. The Balaban J connectivity index is 2.47. The lowest BCUT2D eigenvalue weighted by molar-refractivity contribution is 0.339. The van der Waals surface area contributed by atoms with Crippen LogP contribution >= 0.6 is 15.9 Å². The molecule has 0 bridgehead atoms. The van der Waals surface area contributed by atoms with Crippen LogP contribution in [0.1, 0.15) is 23.6 Å². The van der Waals surface area contributed by atoms with E-state index in [1.165, 1.54) is 5.56 Å². The molecule has 3 heteroatoms. The normalized spacial score (nSPS) is 11.0. The van der Waals surface area contributed by atoms with Gasteiger partial charge in [0.2, 0.25) is 0 Å². The van der Waals surface area contributed by atoms with Gasteiger partial charge in [0, 0.05) is 10.0 Å². The van der Waals surface area contributed by atoms with Crippen LogP contribution < -0.4 is 4.74 Å². The molecule has 0 aliphatic rings. The minimum absolute atomic E-state index is 0.592. The van der Waals surface area contributed by atoms with Crippen molar-refractivity contribution >= 4 is 27.6 Å². The summed E-state index contributed by atoms with van der Waals surface area (Å²) in [6.07, 6.45) is 1.86. The maximum atomic E-state index is 9.43. The van der Waals surface area contributed by atoms with Crippen molar-refractivity contribution in [2.75, 3.05) is 6.61 Å². The van der Waals surface area contributed by atoms with Crippen LogP contribution in [0.3, 0.4) is 0 Å². The SMILES string of the molecule is CCOc1ccc(Br)cc1/C=C(\C#N)c1ccc(C)cc1. The van der Waals surface area contributed by atoms with Gasteiger partial charge < -0.3 is 4.74 Å². The van der Waals surface area contributed by atoms with E-state index in [-0.39, 0.29) is 0 Å². The van der Waals surface area contributed by atoms with Crippen molar-refractivity contribution < 1.29 is 4.74 Å². The van der Waals surface area contributed by atoms with Gasteiger partial charge in [0.05, 0.1) is 18.2 Å². The Bertz CT molecular complexity index is 696. The van der Waals surface area contributed by atoms with Gasteiger partial charge in [0.25, 0.3) is 0 Å². The summed E-state index contributed by atoms with van der Waals surface area (Å²) in [7, 11) is 0. The molecular formula is C18H16BrNO. The summed E-state index contributed by atoms with van der Waals surface area (Å²) in [5, 5.41) is 9.43. The largest absolute Gasteiger partial charge is 0.493 e. The summed E-state index contributed by atoms with van der Waals surface area (Å²) in [4.78, 5) is 0. The summed E-state index contributed by atoms with van der Waals surface area (Å²) in [5.74, 6) is 0.778. The number of nitrogens with zero attached hydrogens (tertiary/aromatic N) is 1. The molecule has 0 unspecified atom stereocenters. The highest BCUT2D eigenvalue weighted by molar-refractivity contribution is 9.10. The fraction of sp³-hybridized carbons (Fsp3) is 0.167. The van der Waals surface area contributed by atoms with E-state index in [2.05, 4.69) is 22.0 Å². The van der Waals surface area contributed by atoms with Gasteiger partial charge in [-0.2, -0.15) is 5.26 Å². The Morgan fingerprint density at radius 2 is 1.95 bits per heavy atom. The summed E-state index contributed by atoms with van der Waals surface area (Å²) >= 11 is 3.46. The maximum absolute atomic E-state index is 9.43. The van der Waals surface area contributed by atoms with Crippen molar-refractivity contribution in [1.82, 2.24) is 0 Å². The van der Waals surface area contributed by atoms with Crippen LogP contribution in [-0.4, -0.2) is 6.61 Å². The Kier molecular flexibility index (Phi) is 5.19. The monoisotopic (exact) mass is 341 g/mol. The molecule has 0 amide bonds. The van der Waals surface area contributed by atoms with Crippen molar-refractivity contribution in [2.45, 2.75) is 13.8 Å². The fourth-order valence-electron chi connectivity index (χ4n) is 1.99. The lowest BCUT2D eigenvalue weighted by Crippen LogP contribution is -1.94. The number of ether oxygens (including phenoxy) is 1. The number of hydrogen-bond acceptors (Lipinski definition) is 2. The van der Waals surface area contributed by atoms with Crippen LogP contribution in [0.2, 0.25) is 0 Å².